The number of aliphatic hydroxyl groups is 2. The van der Waals surface area contributed by atoms with Gasteiger partial charge in [0.05, 0.1) is 53.0 Å². The number of hydrogen-bond acceptors (Lipinski definition) is 15. The molecule has 1 saturated heterocycles. The summed E-state index contributed by atoms with van der Waals surface area (Å²) in [6, 6.07) is 0. The zero-order chi connectivity index (χ0) is 46.0. The van der Waals surface area contributed by atoms with Crippen molar-refractivity contribution in [1.82, 2.24) is 9.91 Å². The van der Waals surface area contributed by atoms with Crippen LogP contribution in [0.2, 0.25) is 0 Å². The molecule has 4 aliphatic rings. The molecule has 6 rings (SSSR count). The lowest BCUT2D eigenvalue weighted by Gasteiger charge is -2.38. The van der Waals surface area contributed by atoms with Crippen molar-refractivity contribution in [3.8, 4) is 23.0 Å². The van der Waals surface area contributed by atoms with Gasteiger partial charge in [-0.25, -0.2) is 0 Å². The number of piperazine rings is 1. The third kappa shape index (κ3) is 9.73. The van der Waals surface area contributed by atoms with Crippen LogP contribution >= 0.6 is 0 Å². The van der Waals surface area contributed by atoms with Crippen LogP contribution in [0.1, 0.15) is 83.8 Å². The van der Waals surface area contributed by atoms with Crippen molar-refractivity contribution < 1.29 is 58.9 Å². The van der Waals surface area contributed by atoms with Gasteiger partial charge in [-0.05, 0) is 25.8 Å². The summed E-state index contributed by atoms with van der Waals surface area (Å²) in [6.07, 6.45) is 4.90. The fourth-order valence-electron chi connectivity index (χ4n) is 8.56. The highest BCUT2D eigenvalue weighted by Crippen LogP contribution is 2.55. The Morgan fingerprint density at radius 1 is 0.968 bits per heavy atom. The number of aromatic hydroxyl groups is 3. The molecule has 1 fully saturated rings. The Morgan fingerprint density at radius 2 is 1.63 bits per heavy atom. The molecule has 0 aliphatic carbocycles. The molecule has 2 aromatic rings. The van der Waals surface area contributed by atoms with Gasteiger partial charge in [0.25, 0.3) is 11.7 Å². The molecule has 9 atom stereocenters. The molecular weight excluding hydrogens is 801 g/mol. The number of esters is 1. The van der Waals surface area contributed by atoms with E-state index in [-0.39, 0.29) is 44.5 Å². The number of anilines is 1. The van der Waals surface area contributed by atoms with Gasteiger partial charge in [0.1, 0.15) is 23.4 Å². The molecule has 340 valence electrons. The van der Waals surface area contributed by atoms with Gasteiger partial charge < -0.3 is 49.8 Å². The van der Waals surface area contributed by atoms with Crippen LogP contribution in [0, 0.1) is 36.5 Å². The van der Waals surface area contributed by atoms with Crippen molar-refractivity contribution in [2.75, 3.05) is 45.2 Å². The zero-order valence-corrected chi connectivity index (χ0v) is 37.6. The quantitative estimate of drug-likeness (QED) is 0.0933. The van der Waals surface area contributed by atoms with Gasteiger partial charge in [-0.15, -0.1) is 0 Å². The number of phenols is 3. The lowest BCUT2D eigenvalue weighted by atomic mass is 9.78. The fourth-order valence-corrected chi connectivity index (χ4v) is 8.56. The fraction of sp³-hybridized carbons (Fsp3) is 0.565. The molecule has 4 heterocycles. The minimum atomic E-state index is -2.05. The second-order valence-corrected chi connectivity index (χ2v) is 17.5. The first-order valence-electron chi connectivity index (χ1n) is 21.2. The predicted octanol–water partition coefficient (Wildman–Crippen LogP) is 5.36. The number of benzene rings is 2. The molecule has 6 N–H and O–H groups in total. The summed E-state index contributed by atoms with van der Waals surface area (Å²) < 4.78 is 23.7. The maximum absolute atomic E-state index is 14.5. The number of ketones is 1. The lowest BCUT2D eigenvalue weighted by Crippen LogP contribution is -2.46. The van der Waals surface area contributed by atoms with Gasteiger partial charge in [-0.3, -0.25) is 24.3 Å². The maximum Gasteiger partial charge on any atom is 0.312 e. The molecule has 0 saturated carbocycles. The van der Waals surface area contributed by atoms with Crippen LogP contribution in [0.3, 0.4) is 0 Å². The monoisotopic (exact) mass is 864 g/mol. The van der Waals surface area contributed by atoms with Crippen LogP contribution in [-0.2, 0) is 23.8 Å². The number of nitrogens with one attached hydrogen (secondary N) is 1. The van der Waals surface area contributed by atoms with Crippen molar-refractivity contribution in [3.63, 3.8) is 0 Å². The molecule has 62 heavy (non-hydrogen) atoms. The number of nitrogens with zero attached hydrogens (tertiary/aromatic N) is 3. The van der Waals surface area contributed by atoms with E-state index in [1.165, 1.54) is 59.4 Å². The van der Waals surface area contributed by atoms with Gasteiger partial charge in [-0.1, -0.05) is 59.8 Å². The molecule has 16 heteroatoms. The van der Waals surface area contributed by atoms with E-state index < -0.39 is 88.8 Å². The molecule has 1 amide bonds. The molecular formula is C46H64N4O12. The molecule has 4 aliphatic heterocycles. The van der Waals surface area contributed by atoms with Gasteiger partial charge in [0, 0.05) is 93.9 Å². The summed E-state index contributed by atoms with van der Waals surface area (Å²) in [6.45, 7) is 20.4. The number of carbonyl (C=O) groups excluding carboxylic acids is 3. The van der Waals surface area contributed by atoms with E-state index in [2.05, 4.69) is 29.2 Å². The van der Waals surface area contributed by atoms with Gasteiger partial charge >= 0.3 is 11.8 Å². The van der Waals surface area contributed by atoms with Crippen molar-refractivity contribution in [3.05, 3.63) is 52.8 Å². The number of Topliss-reactive ketones (excluding diaryl/α,β-unsaturated/α-hetero) is 1. The Kier molecular flexibility index (Phi) is 15.0. The van der Waals surface area contributed by atoms with Crippen LogP contribution in [0.5, 0.6) is 23.0 Å². The standard InChI is InChI=1S/C46H64N4O12/c1-23(2)22-49-16-18-50(19-17-49)47-21-31-36-41(56)34-33(40(31)55)35-43(29(8)39(34)54)62-46(10,44(35)57)60-20-15-32(59-11)26(5)42(61-30(9)51)28(7)38(53)27(6)37(52)24(3)13-12-14-25(4)45(58)48-36/h12-15,20-21,23-24,26-28,32,37-38,42,52-56H,16-19,22H2,1-11H3,(H,48,58)/b13-12+,20-15+,25-14-,47-21+/t24-,26-,27-,28+,32-,37-,38+,42+,46+/m0/s1. The van der Waals surface area contributed by atoms with E-state index in [1.807, 2.05) is 0 Å². The van der Waals surface area contributed by atoms with Gasteiger partial charge in [0.15, 0.2) is 5.75 Å². The van der Waals surface area contributed by atoms with Crippen molar-refractivity contribution >= 4 is 40.3 Å². The van der Waals surface area contributed by atoms with E-state index >= 15 is 0 Å². The van der Waals surface area contributed by atoms with Crippen LogP contribution in [0.15, 0.2) is 41.2 Å². The van der Waals surface area contributed by atoms with E-state index in [0.717, 1.165) is 19.6 Å². The number of methoxy groups -OCH3 is 1. The average molecular weight is 865 g/mol. The molecule has 0 aromatic heterocycles. The topological polar surface area (TPSA) is 220 Å². The third-order valence-electron chi connectivity index (χ3n) is 12.4. The van der Waals surface area contributed by atoms with Crippen LogP contribution in [0.4, 0.5) is 5.69 Å². The maximum atomic E-state index is 14.5. The number of allylic oxidation sites excluding steroid dienone is 2. The number of amides is 1. The smallest absolute Gasteiger partial charge is 0.312 e. The summed E-state index contributed by atoms with van der Waals surface area (Å²) in [5, 5.41) is 67.3. The summed E-state index contributed by atoms with van der Waals surface area (Å²) in [5.41, 5.74) is -0.335. The first kappa shape index (κ1) is 47.9. The first-order valence-corrected chi connectivity index (χ1v) is 21.2. The Balaban J connectivity index is 1.68. The highest BCUT2D eigenvalue weighted by molar-refractivity contribution is 6.23. The SMILES string of the molecule is CO[C@H]1/C=C/O[C@]2(C)Oc3c(C)c(O)c4c(O)c(c(/C=N/N5CCN(CC(C)C)CC5)c(O)c4c3C2=O)NC(=O)/C(C)=C\C=C\[C@H](C)[C@H](O)[C@H](C)[C@@H](O)[C@@H](C)[C@H](OC(C)=O)[C@H]1C. The zero-order valence-electron chi connectivity index (χ0n) is 37.6. The van der Waals surface area contributed by atoms with E-state index in [4.69, 9.17) is 18.9 Å². The van der Waals surface area contributed by atoms with Crippen molar-refractivity contribution in [2.45, 2.75) is 99.4 Å². The highest BCUT2D eigenvalue weighted by Gasteiger charge is 2.50. The normalized spacial score (nSPS) is 31.2. The van der Waals surface area contributed by atoms with E-state index in [9.17, 15) is 39.9 Å². The Labute approximate surface area is 363 Å². The number of carbonyl (C=O) groups is 3. The Hall–Kier alpha value is -5.16. The number of rotatable bonds is 6. The summed E-state index contributed by atoms with van der Waals surface area (Å²) in [7, 11) is 1.44. The lowest BCUT2D eigenvalue weighted by molar-refractivity contribution is -0.160. The number of hydrogen-bond donors (Lipinski definition) is 6. The Morgan fingerprint density at radius 3 is 2.24 bits per heavy atom. The second kappa shape index (κ2) is 19.5. The number of phenolic OH excluding ortho intramolecular Hbond substituents is 3. The highest BCUT2D eigenvalue weighted by atomic mass is 16.7. The molecule has 0 unspecified atom stereocenters. The predicted molar refractivity (Wildman–Crippen MR) is 234 cm³/mol. The molecule has 2 aromatic carbocycles. The Bertz CT molecular complexity index is 2140. The van der Waals surface area contributed by atoms with Crippen molar-refractivity contribution in [2.24, 2.45) is 34.7 Å². The average Bonchev–Trinajstić information content (AvgIpc) is 3.49. The summed E-state index contributed by atoms with van der Waals surface area (Å²) in [5.74, 6) is -7.85. The minimum absolute atomic E-state index is 0.0576. The summed E-state index contributed by atoms with van der Waals surface area (Å²) >= 11 is 0. The van der Waals surface area contributed by atoms with Crippen molar-refractivity contribution in [1.29, 1.82) is 0 Å². The summed E-state index contributed by atoms with van der Waals surface area (Å²) in [4.78, 5) is 43.0. The molecule has 0 radical (unpaired) electrons. The second-order valence-electron chi connectivity index (χ2n) is 17.5. The number of fused-ring (bicyclic) bond motifs is 14. The number of hydrazone groups is 1. The number of aliphatic hydroxyl groups excluding tert-OH is 2. The van der Waals surface area contributed by atoms with Crippen LogP contribution in [0.25, 0.3) is 10.8 Å². The molecule has 0 spiro atoms. The van der Waals surface area contributed by atoms with E-state index in [1.54, 1.807) is 44.9 Å². The van der Waals surface area contributed by atoms with Gasteiger partial charge in [-0.2, -0.15) is 5.10 Å². The third-order valence-corrected chi connectivity index (χ3v) is 12.4. The van der Waals surface area contributed by atoms with Crippen LogP contribution in [-0.4, -0.2) is 129 Å². The number of ether oxygens (including phenoxy) is 4. The largest absolute Gasteiger partial charge is 0.507 e. The molecule has 5 bridgehead atoms. The minimum Gasteiger partial charge on any atom is -0.507 e. The molecule has 16 nitrogen and oxygen atoms in total. The van der Waals surface area contributed by atoms with E-state index in [0.29, 0.717) is 19.0 Å². The van der Waals surface area contributed by atoms with Crippen LogP contribution < -0.4 is 10.1 Å². The van der Waals surface area contributed by atoms with Gasteiger partial charge in [0.2, 0.25) is 0 Å². The first-order chi connectivity index (χ1) is 29.1.